The number of para-hydroxylation sites is 1. The van der Waals surface area contributed by atoms with Crippen LogP contribution in [0.15, 0.2) is 59.1 Å². The zero-order valence-electron chi connectivity index (χ0n) is 15.6. The molecule has 1 aliphatic rings. The monoisotopic (exact) mass is 427 g/mol. The molecule has 0 unspecified atom stereocenters. The number of nitriles is 1. The van der Waals surface area contributed by atoms with Crippen molar-refractivity contribution in [3.05, 3.63) is 69.7 Å². The third kappa shape index (κ3) is 5.11. The van der Waals surface area contributed by atoms with Crippen LogP contribution >= 0.6 is 23.4 Å². The van der Waals surface area contributed by atoms with Gasteiger partial charge < -0.3 is 15.4 Å². The molecule has 8 heteroatoms. The highest BCUT2D eigenvalue weighted by atomic mass is 35.5. The Hall–Kier alpha value is -2.95. The molecule has 1 aliphatic heterocycles. The van der Waals surface area contributed by atoms with E-state index in [0.717, 1.165) is 17.3 Å². The maximum absolute atomic E-state index is 12.3. The minimum absolute atomic E-state index is 0.0291. The van der Waals surface area contributed by atoms with Gasteiger partial charge in [-0.1, -0.05) is 47.6 Å². The van der Waals surface area contributed by atoms with E-state index in [9.17, 15) is 14.9 Å². The van der Waals surface area contributed by atoms with Crippen LogP contribution < -0.4 is 15.4 Å². The van der Waals surface area contributed by atoms with Crippen molar-refractivity contribution in [3.63, 3.8) is 0 Å². The number of methoxy groups -OCH3 is 1. The van der Waals surface area contributed by atoms with E-state index in [1.54, 1.807) is 43.5 Å². The molecule has 3 rings (SSSR count). The molecule has 2 aromatic rings. The average Bonchev–Trinajstić information content (AvgIpc) is 2.73. The van der Waals surface area contributed by atoms with Gasteiger partial charge in [0.05, 0.1) is 40.2 Å². The van der Waals surface area contributed by atoms with Crippen molar-refractivity contribution in [1.29, 1.82) is 5.26 Å². The van der Waals surface area contributed by atoms with Gasteiger partial charge in [0.25, 0.3) is 0 Å². The number of halogens is 1. The predicted octanol–water partition coefficient (Wildman–Crippen LogP) is 4.06. The molecule has 2 amide bonds. The molecule has 29 heavy (non-hydrogen) atoms. The Morgan fingerprint density at radius 2 is 2.03 bits per heavy atom. The summed E-state index contributed by atoms with van der Waals surface area (Å²) in [5.74, 6) is -0.120. The van der Waals surface area contributed by atoms with Crippen molar-refractivity contribution in [2.24, 2.45) is 0 Å². The lowest BCUT2D eigenvalue weighted by molar-refractivity contribution is -0.121. The lowest BCUT2D eigenvalue weighted by Crippen LogP contribution is -2.31. The number of thioether (sulfide) groups is 1. The lowest BCUT2D eigenvalue weighted by Gasteiger charge is -2.25. The molecule has 0 saturated carbocycles. The summed E-state index contributed by atoms with van der Waals surface area (Å²) >= 11 is 7.17. The number of carbonyl (C=O) groups is 2. The van der Waals surface area contributed by atoms with Gasteiger partial charge in [-0.15, -0.1) is 0 Å². The topological polar surface area (TPSA) is 91.2 Å². The Kier molecular flexibility index (Phi) is 6.81. The minimum atomic E-state index is -0.367. The Bertz CT molecular complexity index is 999. The second kappa shape index (κ2) is 9.50. The number of amides is 2. The summed E-state index contributed by atoms with van der Waals surface area (Å²) in [6.45, 7) is 0. The molecular weight excluding hydrogens is 410 g/mol. The van der Waals surface area contributed by atoms with E-state index < -0.39 is 0 Å². The number of ether oxygens (including phenoxy) is 1. The van der Waals surface area contributed by atoms with Gasteiger partial charge >= 0.3 is 0 Å². The van der Waals surface area contributed by atoms with Crippen LogP contribution in [-0.2, 0) is 9.59 Å². The number of rotatable bonds is 6. The van der Waals surface area contributed by atoms with Crippen LogP contribution in [0.3, 0.4) is 0 Å². The fourth-order valence-corrected chi connectivity index (χ4v) is 4.00. The standard InChI is InChI=1S/C21H18ClN3O3S/c1-28-14-8-6-13(7-9-14)15-10-19(26)25-21(16(15)11-23)29-12-20(27)24-18-5-3-2-4-17(18)22/h2-9,15H,10,12H2,1H3,(H,24,27)(H,25,26)/t15-/m1/s1. The minimum Gasteiger partial charge on any atom is -0.497 e. The lowest BCUT2D eigenvalue weighted by atomic mass is 9.87. The fourth-order valence-electron chi connectivity index (χ4n) is 2.94. The van der Waals surface area contributed by atoms with E-state index in [4.69, 9.17) is 16.3 Å². The Morgan fingerprint density at radius 1 is 1.31 bits per heavy atom. The van der Waals surface area contributed by atoms with Crippen molar-refractivity contribution in [2.75, 3.05) is 18.2 Å². The molecule has 0 saturated heterocycles. The van der Waals surface area contributed by atoms with E-state index in [1.807, 2.05) is 12.1 Å². The number of nitrogens with one attached hydrogen (secondary N) is 2. The van der Waals surface area contributed by atoms with Crippen LogP contribution in [0.4, 0.5) is 5.69 Å². The summed E-state index contributed by atoms with van der Waals surface area (Å²) < 4.78 is 5.16. The predicted molar refractivity (Wildman–Crippen MR) is 114 cm³/mol. The highest BCUT2D eigenvalue weighted by molar-refractivity contribution is 8.03. The summed E-state index contributed by atoms with van der Waals surface area (Å²) in [7, 11) is 1.58. The van der Waals surface area contributed by atoms with Gasteiger partial charge in [-0.05, 0) is 29.8 Å². The number of carbonyl (C=O) groups excluding carboxylic acids is 2. The normalized spacial score (nSPS) is 16.0. The largest absolute Gasteiger partial charge is 0.497 e. The van der Waals surface area contributed by atoms with E-state index in [0.29, 0.717) is 27.1 Å². The molecule has 0 bridgehead atoms. The molecule has 2 N–H and O–H groups in total. The summed E-state index contributed by atoms with van der Waals surface area (Å²) in [6.07, 6.45) is 0.172. The second-order valence-corrected chi connectivity index (χ2v) is 7.64. The van der Waals surface area contributed by atoms with Gasteiger partial charge in [0.15, 0.2) is 0 Å². The van der Waals surface area contributed by atoms with Crippen LogP contribution in [0.2, 0.25) is 5.02 Å². The first-order valence-corrected chi connectivity index (χ1v) is 10.1. The van der Waals surface area contributed by atoms with Crippen LogP contribution in [0, 0.1) is 11.3 Å². The zero-order valence-corrected chi connectivity index (χ0v) is 17.1. The zero-order chi connectivity index (χ0) is 20.8. The summed E-state index contributed by atoms with van der Waals surface area (Å²) in [5.41, 5.74) is 1.79. The number of nitrogens with zero attached hydrogens (tertiary/aromatic N) is 1. The molecule has 0 fully saturated rings. The number of anilines is 1. The Balaban J connectivity index is 1.75. The summed E-state index contributed by atoms with van der Waals surface area (Å²) in [4.78, 5) is 24.5. The third-order valence-electron chi connectivity index (χ3n) is 4.37. The molecule has 1 heterocycles. The first kappa shape index (κ1) is 20.8. The number of hydrogen-bond acceptors (Lipinski definition) is 5. The van der Waals surface area contributed by atoms with Gasteiger partial charge in [0.2, 0.25) is 11.8 Å². The molecule has 0 aliphatic carbocycles. The molecule has 148 valence electrons. The first-order chi connectivity index (χ1) is 14.0. The molecule has 0 spiro atoms. The third-order valence-corrected chi connectivity index (χ3v) is 5.72. The fraction of sp³-hybridized carbons (Fsp3) is 0.190. The molecule has 2 aromatic carbocycles. The van der Waals surface area contributed by atoms with Crippen molar-refractivity contribution >= 4 is 40.9 Å². The van der Waals surface area contributed by atoms with E-state index in [2.05, 4.69) is 16.7 Å². The van der Waals surface area contributed by atoms with Crippen molar-refractivity contribution in [1.82, 2.24) is 5.32 Å². The first-order valence-electron chi connectivity index (χ1n) is 8.77. The molecule has 0 radical (unpaired) electrons. The highest BCUT2D eigenvalue weighted by Crippen LogP contribution is 2.36. The van der Waals surface area contributed by atoms with Gasteiger partial charge in [-0.2, -0.15) is 5.26 Å². The van der Waals surface area contributed by atoms with Crippen LogP contribution in [0.5, 0.6) is 5.75 Å². The number of benzene rings is 2. The molecular formula is C21H18ClN3O3S. The number of allylic oxidation sites excluding steroid dienone is 1. The van der Waals surface area contributed by atoms with E-state index in [-0.39, 0.29) is 29.9 Å². The van der Waals surface area contributed by atoms with Gasteiger partial charge in [-0.25, -0.2) is 0 Å². The van der Waals surface area contributed by atoms with E-state index >= 15 is 0 Å². The maximum Gasteiger partial charge on any atom is 0.234 e. The Morgan fingerprint density at radius 3 is 2.69 bits per heavy atom. The van der Waals surface area contributed by atoms with Crippen LogP contribution in [0.25, 0.3) is 0 Å². The van der Waals surface area contributed by atoms with Gasteiger partial charge in [0, 0.05) is 12.3 Å². The Labute approximate surface area is 177 Å². The summed E-state index contributed by atoms with van der Waals surface area (Å²) in [6, 6.07) is 16.4. The number of hydrogen-bond donors (Lipinski definition) is 2. The average molecular weight is 428 g/mol. The van der Waals surface area contributed by atoms with Crippen molar-refractivity contribution < 1.29 is 14.3 Å². The van der Waals surface area contributed by atoms with Crippen molar-refractivity contribution in [3.8, 4) is 11.8 Å². The van der Waals surface area contributed by atoms with Crippen LogP contribution in [-0.4, -0.2) is 24.7 Å². The van der Waals surface area contributed by atoms with E-state index in [1.165, 1.54) is 0 Å². The molecule has 6 nitrogen and oxygen atoms in total. The maximum atomic E-state index is 12.3. The summed E-state index contributed by atoms with van der Waals surface area (Å²) in [5, 5.41) is 16.0. The van der Waals surface area contributed by atoms with Crippen molar-refractivity contribution in [2.45, 2.75) is 12.3 Å². The molecule has 0 aromatic heterocycles. The SMILES string of the molecule is COc1ccc([C@H]2CC(=O)NC(SCC(=O)Nc3ccccc3Cl)=C2C#N)cc1. The second-order valence-electron chi connectivity index (χ2n) is 6.25. The smallest absolute Gasteiger partial charge is 0.234 e. The highest BCUT2D eigenvalue weighted by Gasteiger charge is 2.29. The van der Waals surface area contributed by atoms with Crippen LogP contribution in [0.1, 0.15) is 17.9 Å². The quantitative estimate of drug-likeness (QED) is 0.725. The van der Waals surface area contributed by atoms with Gasteiger partial charge in [-0.3, -0.25) is 9.59 Å². The molecule has 1 atom stereocenters. The van der Waals surface area contributed by atoms with Gasteiger partial charge in [0.1, 0.15) is 5.75 Å².